The van der Waals surface area contributed by atoms with Crippen molar-refractivity contribution < 1.29 is 14.3 Å². The fourth-order valence-electron chi connectivity index (χ4n) is 2.92. The van der Waals surface area contributed by atoms with E-state index in [1.54, 1.807) is 4.90 Å². The first kappa shape index (κ1) is 21.0. The standard InChI is InChI=1S/C20H32N4O3/c1-3-21-19(22-12-15-26-16-17-8-6-5-7-9-17)23-18-10-13-24(14-11-18)20(25)27-4-2/h5-9,18H,3-4,10-16H2,1-2H3,(H2,21,22,23). The number of likely N-dealkylation sites (tertiary alicyclic amines) is 1. The van der Waals surface area contributed by atoms with Crippen molar-refractivity contribution in [2.24, 2.45) is 4.99 Å². The molecule has 0 atom stereocenters. The lowest BCUT2D eigenvalue weighted by Crippen LogP contribution is -2.50. The van der Waals surface area contributed by atoms with E-state index in [-0.39, 0.29) is 6.09 Å². The third-order valence-corrected chi connectivity index (χ3v) is 4.32. The SMILES string of the molecule is CCNC(=NCCOCc1ccccc1)NC1CCN(C(=O)OCC)CC1. The number of amides is 1. The van der Waals surface area contributed by atoms with Gasteiger partial charge < -0.3 is 25.0 Å². The lowest BCUT2D eigenvalue weighted by Gasteiger charge is -2.32. The van der Waals surface area contributed by atoms with Gasteiger partial charge in [0.25, 0.3) is 0 Å². The predicted octanol–water partition coefficient (Wildman–Crippen LogP) is 2.38. The number of guanidine groups is 1. The Hall–Kier alpha value is -2.28. The van der Waals surface area contributed by atoms with Crippen molar-refractivity contribution in [2.75, 3.05) is 39.4 Å². The molecular formula is C20H32N4O3. The molecule has 0 radical (unpaired) electrons. The van der Waals surface area contributed by atoms with Crippen LogP contribution in [0.3, 0.4) is 0 Å². The zero-order chi connectivity index (χ0) is 19.3. The lowest BCUT2D eigenvalue weighted by atomic mass is 10.1. The van der Waals surface area contributed by atoms with Gasteiger partial charge in [-0.2, -0.15) is 0 Å². The zero-order valence-corrected chi connectivity index (χ0v) is 16.4. The number of carbonyl (C=O) groups is 1. The van der Waals surface area contributed by atoms with Crippen molar-refractivity contribution in [2.45, 2.75) is 39.3 Å². The van der Waals surface area contributed by atoms with Gasteiger partial charge in [-0.3, -0.25) is 4.99 Å². The van der Waals surface area contributed by atoms with Crippen molar-refractivity contribution in [3.8, 4) is 0 Å². The van der Waals surface area contributed by atoms with Gasteiger partial charge >= 0.3 is 6.09 Å². The molecule has 2 N–H and O–H groups in total. The smallest absolute Gasteiger partial charge is 0.409 e. The molecular weight excluding hydrogens is 344 g/mol. The first-order valence-electron chi connectivity index (χ1n) is 9.81. The number of nitrogens with zero attached hydrogens (tertiary/aromatic N) is 2. The largest absolute Gasteiger partial charge is 0.450 e. The average Bonchev–Trinajstić information content (AvgIpc) is 2.69. The maximum Gasteiger partial charge on any atom is 0.409 e. The molecule has 1 aromatic rings. The van der Waals surface area contributed by atoms with Crippen molar-refractivity contribution in [3.05, 3.63) is 35.9 Å². The second kappa shape index (κ2) is 12.2. The molecule has 0 aromatic heterocycles. The molecule has 1 heterocycles. The Labute approximate surface area is 162 Å². The molecule has 0 spiro atoms. The van der Waals surface area contributed by atoms with E-state index < -0.39 is 0 Å². The molecule has 1 fully saturated rings. The number of hydrogen-bond donors (Lipinski definition) is 2. The normalized spacial score (nSPS) is 15.5. The molecule has 1 saturated heterocycles. The molecule has 0 unspecified atom stereocenters. The van der Waals surface area contributed by atoms with Crippen LogP contribution in [0.25, 0.3) is 0 Å². The highest BCUT2D eigenvalue weighted by molar-refractivity contribution is 5.80. The summed E-state index contributed by atoms with van der Waals surface area (Å²) in [5, 5.41) is 6.73. The summed E-state index contributed by atoms with van der Waals surface area (Å²) in [4.78, 5) is 18.1. The number of ether oxygens (including phenoxy) is 2. The Bertz CT molecular complexity index is 572. The number of benzene rings is 1. The number of hydrogen-bond acceptors (Lipinski definition) is 4. The van der Waals surface area contributed by atoms with Crippen LogP contribution < -0.4 is 10.6 Å². The van der Waals surface area contributed by atoms with Gasteiger partial charge in [0.15, 0.2) is 5.96 Å². The third-order valence-electron chi connectivity index (χ3n) is 4.32. The molecule has 0 aliphatic carbocycles. The minimum absolute atomic E-state index is 0.216. The summed E-state index contributed by atoms with van der Waals surface area (Å²) in [6, 6.07) is 10.4. The third kappa shape index (κ3) is 7.86. The fourth-order valence-corrected chi connectivity index (χ4v) is 2.92. The van der Waals surface area contributed by atoms with Crippen molar-refractivity contribution in [1.82, 2.24) is 15.5 Å². The Morgan fingerprint density at radius 1 is 1.22 bits per heavy atom. The molecule has 2 rings (SSSR count). The van der Waals surface area contributed by atoms with Gasteiger partial charge in [-0.15, -0.1) is 0 Å². The molecule has 7 heteroatoms. The van der Waals surface area contributed by atoms with Crippen LogP contribution in [0.15, 0.2) is 35.3 Å². The highest BCUT2D eigenvalue weighted by Crippen LogP contribution is 2.11. The van der Waals surface area contributed by atoms with Crippen LogP contribution in [0.5, 0.6) is 0 Å². The summed E-state index contributed by atoms with van der Waals surface area (Å²) in [5.41, 5.74) is 1.17. The minimum atomic E-state index is -0.216. The second-order valence-electron chi connectivity index (χ2n) is 6.40. The monoisotopic (exact) mass is 376 g/mol. The summed E-state index contributed by atoms with van der Waals surface area (Å²) in [6.45, 7) is 8.29. The number of nitrogens with one attached hydrogen (secondary N) is 2. The fraction of sp³-hybridized carbons (Fsp3) is 0.600. The topological polar surface area (TPSA) is 75.2 Å². The molecule has 1 aliphatic heterocycles. The molecule has 27 heavy (non-hydrogen) atoms. The number of rotatable bonds is 8. The van der Waals surface area contributed by atoms with Crippen molar-refractivity contribution in [3.63, 3.8) is 0 Å². The van der Waals surface area contributed by atoms with Gasteiger partial charge in [-0.1, -0.05) is 30.3 Å². The van der Waals surface area contributed by atoms with Gasteiger partial charge in [0.2, 0.25) is 0 Å². The van der Waals surface area contributed by atoms with E-state index in [0.717, 1.165) is 25.3 Å². The minimum Gasteiger partial charge on any atom is -0.450 e. The van der Waals surface area contributed by atoms with Crippen molar-refractivity contribution >= 4 is 12.1 Å². The number of carbonyl (C=O) groups excluding carboxylic acids is 1. The van der Waals surface area contributed by atoms with E-state index in [9.17, 15) is 4.79 Å². The Morgan fingerprint density at radius 2 is 1.96 bits per heavy atom. The summed E-state index contributed by atoms with van der Waals surface area (Å²) in [5.74, 6) is 0.801. The van der Waals surface area contributed by atoms with E-state index in [1.807, 2.05) is 32.0 Å². The van der Waals surface area contributed by atoms with Crippen LogP contribution in [0.2, 0.25) is 0 Å². The van der Waals surface area contributed by atoms with E-state index >= 15 is 0 Å². The summed E-state index contributed by atoms with van der Waals surface area (Å²) < 4.78 is 10.7. The highest BCUT2D eigenvalue weighted by Gasteiger charge is 2.23. The van der Waals surface area contributed by atoms with E-state index in [0.29, 0.717) is 45.5 Å². The lowest BCUT2D eigenvalue weighted by molar-refractivity contribution is 0.0963. The van der Waals surface area contributed by atoms with E-state index in [1.165, 1.54) is 5.56 Å². The maximum absolute atomic E-state index is 11.8. The first-order valence-corrected chi connectivity index (χ1v) is 9.81. The van der Waals surface area contributed by atoms with Crippen LogP contribution in [0.4, 0.5) is 4.79 Å². The molecule has 1 aliphatic rings. The maximum atomic E-state index is 11.8. The number of piperidine rings is 1. The van der Waals surface area contributed by atoms with Gasteiger partial charge in [-0.05, 0) is 32.3 Å². The van der Waals surface area contributed by atoms with Gasteiger partial charge in [0.1, 0.15) is 0 Å². The Morgan fingerprint density at radius 3 is 2.63 bits per heavy atom. The van der Waals surface area contributed by atoms with Crippen LogP contribution in [0, 0.1) is 0 Å². The van der Waals surface area contributed by atoms with Crippen LogP contribution in [-0.2, 0) is 16.1 Å². The zero-order valence-electron chi connectivity index (χ0n) is 16.4. The number of aliphatic imine (C=N–C) groups is 1. The van der Waals surface area contributed by atoms with Crippen LogP contribution >= 0.6 is 0 Å². The average molecular weight is 377 g/mol. The summed E-state index contributed by atoms with van der Waals surface area (Å²) in [6.07, 6.45) is 1.55. The first-order chi connectivity index (χ1) is 13.2. The molecule has 1 aromatic carbocycles. The van der Waals surface area contributed by atoms with Gasteiger partial charge in [0, 0.05) is 25.7 Å². The summed E-state index contributed by atoms with van der Waals surface area (Å²) >= 11 is 0. The predicted molar refractivity (Wildman–Crippen MR) is 107 cm³/mol. The molecule has 0 saturated carbocycles. The summed E-state index contributed by atoms with van der Waals surface area (Å²) in [7, 11) is 0. The van der Waals surface area contributed by atoms with Crippen LogP contribution in [-0.4, -0.2) is 62.4 Å². The molecule has 150 valence electrons. The van der Waals surface area contributed by atoms with E-state index in [2.05, 4.69) is 27.8 Å². The molecule has 1 amide bonds. The molecule has 7 nitrogen and oxygen atoms in total. The highest BCUT2D eigenvalue weighted by atomic mass is 16.6. The quantitative estimate of drug-likeness (QED) is 0.414. The van der Waals surface area contributed by atoms with E-state index in [4.69, 9.17) is 9.47 Å². The Balaban J connectivity index is 1.69. The van der Waals surface area contributed by atoms with Gasteiger partial charge in [-0.25, -0.2) is 4.79 Å². The van der Waals surface area contributed by atoms with Gasteiger partial charge in [0.05, 0.1) is 26.4 Å². The Kier molecular flexibility index (Phi) is 9.48. The second-order valence-corrected chi connectivity index (χ2v) is 6.40. The molecule has 0 bridgehead atoms. The van der Waals surface area contributed by atoms with Crippen molar-refractivity contribution in [1.29, 1.82) is 0 Å². The van der Waals surface area contributed by atoms with Crippen LogP contribution in [0.1, 0.15) is 32.3 Å².